The Labute approximate surface area is 116 Å². The topological polar surface area (TPSA) is 21.3 Å². The van der Waals surface area contributed by atoms with Gasteiger partial charge in [-0.2, -0.15) is 0 Å². The lowest BCUT2D eigenvalue weighted by atomic mass is 10.0. The SMILES string of the molecule is Clc1cc(Br)ccc1OCC[C@H]1CCCCN1. The van der Waals surface area contributed by atoms with Gasteiger partial charge in [0, 0.05) is 10.5 Å². The lowest BCUT2D eigenvalue weighted by Gasteiger charge is -2.23. The van der Waals surface area contributed by atoms with Crippen LogP contribution in [0.2, 0.25) is 5.02 Å². The van der Waals surface area contributed by atoms with E-state index in [-0.39, 0.29) is 0 Å². The largest absolute Gasteiger partial charge is 0.492 e. The number of hydrogen-bond donors (Lipinski definition) is 1. The zero-order chi connectivity index (χ0) is 12.1. The molecule has 0 radical (unpaired) electrons. The van der Waals surface area contributed by atoms with Crippen molar-refractivity contribution in [3.8, 4) is 5.75 Å². The standard InChI is InChI=1S/C13H17BrClNO/c14-10-4-5-13(12(15)9-10)17-8-6-11-3-1-2-7-16-11/h4-5,9,11,16H,1-3,6-8H2/t11-/m1/s1. The second-order valence-corrected chi connectivity index (χ2v) is 5.68. The monoisotopic (exact) mass is 317 g/mol. The van der Waals surface area contributed by atoms with Crippen LogP contribution >= 0.6 is 27.5 Å². The highest BCUT2D eigenvalue weighted by molar-refractivity contribution is 9.10. The second-order valence-electron chi connectivity index (χ2n) is 4.36. The van der Waals surface area contributed by atoms with E-state index in [0.29, 0.717) is 11.1 Å². The molecule has 1 aromatic carbocycles. The number of nitrogens with one attached hydrogen (secondary N) is 1. The molecule has 94 valence electrons. The summed E-state index contributed by atoms with van der Waals surface area (Å²) in [5, 5.41) is 4.17. The van der Waals surface area contributed by atoms with Crippen molar-refractivity contribution in [2.75, 3.05) is 13.2 Å². The van der Waals surface area contributed by atoms with E-state index >= 15 is 0 Å². The van der Waals surface area contributed by atoms with Crippen LogP contribution in [0.3, 0.4) is 0 Å². The fourth-order valence-corrected chi connectivity index (χ4v) is 2.80. The van der Waals surface area contributed by atoms with Gasteiger partial charge in [0.2, 0.25) is 0 Å². The number of rotatable bonds is 4. The molecule has 0 spiro atoms. The Morgan fingerprint density at radius 3 is 3.00 bits per heavy atom. The zero-order valence-electron chi connectivity index (χ0n) is 9.72. The van der Waals surface area contributed by atoms with Crippen LogP contribution in [-0.4, -0.2) is 19.2 Å². The lowest BCUT2D eigenvalue weighted by molar-refractivity contribution is 0.268. The van der Waals surface area contributed by atoms with Crippen LogP contribution in [0.4, 0.5) is 0 Å². The average molecular weight is 319 g/mol. The molecule has 2 rings (SSSR count). The van der Waals surface area contributed by atoms with Crippen molar-refractivity contribution in [3.05, 3.63) is 27.7 Å². The summed E-state index contributed by atoms with van der Waals surface area (Å²) in [6, 6.07) is 6.31. The molecule has 1 N–H and O–H groups in total. The maximum absolute atomic E-state index is 6.08. The van der Waals surface area contributed by atoms with Crippen molar-refractivity contribution in [2.24, 2.45) is 0 Å². The third-order valence-electron chi connectivity index (χ3n) is 3.03. The molecule has 0 aromatic heterocycles. The highest BCUT2D eigenvalue weighted by Gasteiger charge is 2.12. The van der Waals surface area contributed by atoms with Gasteiger partial charge in [-0.25, -0.2) is 0 Å². The molecule has 1 aliphatic rings. The Bertz CT molecular complexity index is 366. The molecule has 0 bridgehead atoms. The van der Waals surface area contributed by atoms with Crippen LogP contribution < -0.4 is 10.1 Å². The molecule has 4 heteroatoms. The Kier molecular flexibility index (Phi) is 5.14. The minimum atomic E-state index is 0.609. The average Bonchev–Trinajstić information content (AvgIpc) is 2.33. The summed E-state index contributed by atoms with van der Waals surface area (Å²) < 4.78 is 6.68. The normalized spacial score (nSPS) is 20.2. The van der Waals surface area contributed by atoms with Crippen LogP contribution in [0.1, 0.15) is 25.7 Å². The van der Waals surface area contributed by atoms with Gasteiger partial charge < -0.3 is 10.1 Å². The van der Waals surface area contributed by atoms with Gasteiger partial charge in [-0.15, -0.1) is 0 Å². The van der Waals surface area contributed by atoms with Gasteiger partial charge >= 0.3 is 0 Å². The maximum Gasteiger partial charge on any atom is 0.137 e. The molecule has 1 atom stereocenters. The molecule has 1 heterocycles. The first-order valence-electron chi connectivity index (χ1n) is 6.07. The van der Waals surface area contributed by atoms with E-state index in [1.807, 2.05) is 18.2 Å². The van der Waals surface area contributed by atoms with Crippen molar-refractivity contribution in [3.63, 3.8) is 0 Å². The minimum absolute atomic E-state index is 0.609. The maximum atomic E-state index is 6.08. The van der Waals surface area contributed by atoms with Crippen molar-refractivity contribution in [1.29, 1.82) is 0 Å². The highest BCUT2D eigenvalue weighted by Crippen LogP contribution is 2.27. The Morgan fingerprint density at radius 1 is 1.41 bits per heavy atom. The summed E-state index contributed by atoms with van der Waals surface area (Å²) in [5.74, 6) is 0.769. The highest BCUT2D eigenvalue weighted by atomic mass is 79.9. The van der Waals surface area contributed by atoms with E-state index in [1.54, 1.807) is 0 Å². The van der Waals surface area contributed by atoms with E-state index in [2.05, 4.69) is 21.2 Å². The first-order chi connectivity index (χ1) is 8.25. The molecule has 0 saturated carbocycles. The van der Waals surface area contributed by atoms with Gasteiger partial charge in [-0.3, -0.25) is 0 Å². The van der Waals surface area contributed by atoms with Gasteiger partial charge in [-0.05, 0) is 44.0 Å². The molecule has 0 amide bonds. The Hall–Kier alpha value is -0.250. The number of piperidine rings is 1. The van der Waals surface area contributed by atoms with Crippen LogP contribution in [0.5, 0.6) is 5.75 Å². The number of hydrogen-bond acceptors (Lipinski definition) is 2. The third-order valence-corrected chi connectivity index (χ3v) is 3.82. The van der Waals surface area contributed by atoms with Crippen LogP contribution in [0, 0.1) is 0 Å². The van der Waals surface area contributed by atoms with Gasteiger partial charge in [0.05, 0.1) is 11.6 Å². The van der Waals surface area contributed by atoms with Gasteiger partial charge in [0.25, 0.3) is 0 Å². The van der Waals surface area contributed by atoms with Gasteiger partial charge in [0.15, 0.2) is 0 Å². The second kappa shape index (κ2) is 6.62. The molecule has 17 heavy (non-hydrogen) atoms. The molecule has 2 nitrogen and oxygen atoms in total. The van der Waals surface area contributed by atoms with E-state index in [0.717, 1.165) is 29.8 Å². The zero-order valence-corrected chi connectivity index (χ0v) is 12.1. The smallest absolute Gasteiger partial charge is 0.137 e. The fraction of sp³-hybridized carbons (Fsp3) is 0.538. The summed E-state index contributed by atoms with van der Waals surface area (Å²) in [6.07, 6.45) is 4.94. The van der Waals surface area contributed by atoms with Crippen molar-refractivity contribution in [1.82, 2.24) is 5.32 Å². The van der Waals surface area contributed by atoms with E-state index in [4.69, 9.17) is 16.3 Å². The summed E-state index contributed by atoms with van der Waals surface area (Å²) in [6.45, 7) is 1.86. The van der Waals surface area contributed by atoms with Crippen molar-refractivity contribution >= 4 is 27.5 Å². The Balaban J connectivity index is 1.77. The van der Waals surface area contributed by atoms with Gasteiger partial charge in [0.1, 0.15) is 5.75 Å². The van der Waals surface area contributed by atoms with Gasteiger partial charge in [-0.1, -0.05) is 34.0 Å². The summed E-state index contributed by atoms with van der Waals surface area (Å²) in [5.41, 5.74) is 0. The molecular formula is C13H17BrClNO. The number of halogens is 2. The van der Waals surface area contributed by atoms with E-state index in [9.17, 15) is 0 Å². The molecular weight excluding hydrogens is 302 g/mol. The minimum Gasteiger partial charge on any atom is -0.492 e. The van der Waals surface area contributed by atoms with E-state index < -0.39 is 0 Å². The number of benzene rings is 1. The summed E-state index contributed by atoms with van der Waals surface area (Å²) in [7, 11) is 0. The predicted octanol–water partition coefficient (Wildman–Crippen LogP) is 4.01. The van der Waals surface area contributed by atoms with Crippen LogP contribution in [-0.2, 0) is 0 Å². The third kappa shape index (κ3) is 4.16. The predicted molar refractivity (Wildman–Crippen MR) is 74.9 cm³/mol. The molecule has 1 aromatic rings. The molecule has 1 aliphatic heterocycles. The molecule has 1 fully saturated rings. The first kappa shape index (κ1) is 13.2. The van der Waals surface area contributed by atoms with Crippen molar-refractivity contribution < 1.29 is 4.74 Å². The quantitative estimate of drug-likeness (QED) is 0.905. The Morgan fingerprint density at radius 2 is 2.29 bits per heavy atom. The summed E-state index contributed by atoms with van der Waals surface area (Å²) in [4.78, 5) is 0. The molecule has 0 aliphatic carbocycles. The lowest BCUT2D eigenvalue weighted by Crippen LogP contribution is -2.35. The molecule has 1 saturated heterocycles. The summed E-state index contributed by atoms with van der Waals surface area (Å²) >= 11 is 9.46. The van der Waals surface area contributed by atoms with Crippen LogP contribution in [0.15, 0.2) is 22.7 Å². The van der Waals surface area contributed by atoms with Crippen LogP contribution in [0.25, 0.3) is 0 Å². The fourth-order valence-electron chi connectivity index (χ4n) is 2.07. The van der Waals surface area contributed by atoms with Crippen molar-refractivity contribution in [2.45, 2.75) is 31.7 Å². The molecule has 0 unspecified atom stereocenters. The van der Waals surface area contributed by atoms with E-state index in [1.165, 1.54) is 19.3 Å². The first-order valence-corrected chi connectivity index (χ1v) is 7.24. The number of ether oxygens (including phenoxy) is 1.